The van der Waals surface area contributed by atoms with E-state index in [9.17, 15) is 10.2 Å². The summed E-state index contributed by atoms with van der Waals surface area (Å²) in [6.45, 7) is 1.31. The SMILES string of the molecule is O[C@@H]1[C@@H](OCc2ccccc2)[C@H](O[C@@H]2[C@@H](OCc3ccccc3)[C@@H](O)OC[C@H]2OCc2ccccc2)O[C@H]1COCc1ccccc1. The fourth-order valence-corrected chi connectivity index (χ4v) is 5.70. The second-order valence-corrected chi connectivity index (χ2v) is 11.7. The van der Waals surface area contributed by atoms with Crippen molar-refractivity contribution in [2.24, 2.45) is 0 Å². The number of hydrogen-bond acceptors (Lipinski definition) is 9. The molecule has 2 aliphatic heterocycles. The van der Waals surface area contributed by atoms with Gasteiger partial charge in [0.15, 0.2) is 12.6 Å². The molecule has 0 saturated carbocycles. The van der Waals surface area contributed by atoms with Crippen molar-refractivity contribution >= 4 is 0 Å². The maximum absolute atomic E-state index is 11.5. The summed E-state index contributed by atoms with van der Waals surface area (Å²) >= 11 is 0. The summed E-state index contributed by atoms with van der Waals surface area (Å²) in [6.07, 6.45) is -7.28. The molecule has 4 aromatic rings. The molecule has 6 rings (SSSR count). The largest absolute Gasteiger partial charge is 0.387 e. The Hall–Kier alpha value is -3.48. The van der Waals surface area contributed by atoms with Gasteiger partial charge >= 0.3 is 0 Å². The summed E-state index contributed by atoms with van der Waals surface area (Å²) in [7, 11) is 0. The molecule has 2 heterocycles. The number of rotatable bonds is 15. The molecule has 248 valence electrons. The zero-order valence-corrected chi connectivity index (χ0v) is 26.2. The van der Waals surface area contributed by atoms with E-state index in [0.717, 1.165) is 22.3 Å². The average molecular weight is 643 g/mol. The fraction of sp³-hybridized carbons (Fsp3) is 0.368. The molecular weight excluding hydrogens is 600 g/mol. The van der Waals surface area contributed by atoms with Gasteiger partial charge in [0.1, 0.15) is 36.6 Å². The van der Waals surface area contributed by atoms with Crippen LogP contribution in [-0.4, -0.2) is 72.6 Å². The Morgan fingerprint density at radius 3 is 1.55 bits per heavy atom. The highest BCUT2D eigenvalue weighted by molar-refractivity contribution is 5.16. The van der Waals surface area contributed by atoms with Gasteiger partial charge in [-0.2, -0.15) is 0 Å². The van der Waals surface area contributed by atoms with Gasteiger partial charge in [-0.15, -0.1) is 0 Å². The summed E-state index contributed by atoms with van der Waals surface area (Å²) < 4.78 is 43.5. The molecule has 0 bridgehead atoms. The Kier molecular flexibility index (Phi) is 12.1. The molecule has 0 spiro atoms. The lowest BCUT2D eigenvalue weighted by atomic mass is 10.0. The van der Waals surface area contributed by atoms with E-state index in [1.165, 1.54) is 0 Å². The van der Waals surface area contributed by atoms with Gasteiger partial charge in [-0.1, -0.05) is 121 Å². The summed E-state index contributed by atoms with van der Waals surface area (Å²) in [5, 5.41) is 22.5. The molecular formula is C38H42O9. The molecule has 9 nitrogen and oxygen atoms in total. The lowest BCUT2D eigenvalue weighted by Gasteiger charge is -2.41. The van der Waals surface area contributed by atoms with Gasteiger partial charge in [-0.05, 0) is 22.3 Å². The second kappa shape index (κ2) is 17.1. The molecule has 2 fully saturated rings. The molecule has 2 aliphatic rings. The van der Waals surface area contributed by atoms with Crippen LogP contribution >= 0.6 is 0 Å². The van der Waals surface area contributed by atoms with Gasteiger partial charge in [-0.25, -0.2) is 0 Å². The number of ether oxygens (including phenoxy) is 7. The van der Waals surface area contributed by atoms with Crippen molar-refractivity contribution in [2.45, 2.75) is 75.6 Å². The summed E-state index contributed by atoms with van der Waals surface area (Å²) in [6, 6.07) is 39.0. The van der Waals surface area contributed by atoms with Crippen LogP contribution in [0.5, 0.6) is 0 Å². The molecule has 4 aromatic carbocycles. The Morgan fingerprint density at radius 2 is 1.02 bits per heavy atom. The van der Waals surface area contributed by atoms with E-state index in [0.29, 0.717) is 13.2 Å². The van der Waals surface area contributed by atoms with Crippen LogP contribution in [0.4, 0.5) is 0 Å². The van der Waals surface area contributed by atoms with E-state index < -0.39 is 49.2 Å². The Labute approximate surface area is 275 Å². The zero-order chi connectivity index (χ0) is 32.3. The van der Waals surface area contributed by atoms with Gasteiger partial charge in [0.2, 0.25) is 0 Å². The van der Waals surface area contributed by atoms with Crippen molar-refractivity contribution in [3.05, 3.63) is 144 Å². The van der Waals surface area contributed by atoms with E-state index in [2.05, 4.69) is 0 Å². The molecule has 0 unspecified atom stereocenters. The van der Waals surface area contributed by atoms with E-state index in [1.807, 2.05) is 121 Å². The normalized spacial score (nSPS) is 27.5. The van der Waals surface area contributed by atoms with Crippen LogP contribution < -0.4 is 0 Å². The van der Waals surface area contributed by atoms with Crippen LogP contribution in [-0.2, 0) is 59.6 Å². The minimum absolute atomic E-state index is 0.0677. The predicted octanol–water partition coefficient (Wildman–Crippen LogP) is 4.78. The first-order valence-corrected chi connectivity index (χ1v) is 16.0. The highest BCUT2D eigenvalue weighted by Gasteiger charge is 2.50. The summed E-state index contributed by atoms with van der Waals surface area (Å²) in [4.78, 5) is 0. The second-order valence-electron chi connectivity index (χ2n) is 11.7. The third kappa shape index (κ3) is 9.33. The van der Waals surface area contributed by atoms with Crippen LogP contribution in [0.2, 0.25) is 0 Å². The third-order valence-electron chi connectivity index (χ3n) is 8.26. The first-order valence-electron chi connectivity index (χ1n) is 16.0. The molecule has 0 aromatic heterocycles. The molecule has 9 heteroatoms. The van der Waals surface area contributed by atoms with Crippen LogP contribution in [0.1, 0.15) is 22.3 Å². The number of aliphatic hydroxyl groups excluding tert-OH is 2. The van der Waals surface area contributed by atoms with Crippen molar-refractivity contribution in [2.75, 3.05) is 13.2 Å². The molecule has 8 atom stereocenters. The van der Waals surface area contributed by atoms with Crippen molar-refractivity contribution < 1.29 is 43.4 Å². The highest BCUT2D eigenvalue weighted by Crippen LogP contribution is 2.32. The van der Waals surface area contributed by atoms with Gasteiger partial charge in [0.05, 0.1) is 39.6 Å². The molecule has 47 heavy (non-hydrogen) atoms. The topological polar surface area (TPSA) is 105 Å². The smallest absolute Gasteiger partial charge is 0.187 e. The van der Waals surface area contributed by atoms with Gasteiger partial charge in [0.25, 0.3) is 0 Å². The van der Waals surface area contributed by atoms with E-state index >= 15 is 0 Å². The number of benzene rings is 4. The quantitative estimate of drug-likeness (QED) is 0.190. The van der Waals surface area contributed by atoms with Gasteiger partial charge < -0.3 is 43.4 Å². The first kappa shape index (κ1) is 33.4. The van der Waals surface area contributed by atoms with Gasteiger partial charge in [-0.3, -0.25) is 0 Å². The number of hydrogen-bond donors (Lipinski definition) is 2. The maximum Gasteiger partial charge on any atom is 0.187 e. The highest BCUT2D eigenvalue weighted by atomic mass is 16.7. The van der Waals surface area contributed by atoms with Crippen molar-refractivity contribution in [3.63, 3.8) is 0 Å². The fourth-order valence-electron chi connectivity index (χ4n) is 5.70. The Bertz CT molecular complexity index is 1440. The van der Waals surface area contributed by atoms with Crippen LogP contribution in [0.3, 0.4) is 0 Å². The monoisotopic (exact) mass is 642 g/mol. The lowest BCUT2D eigenvalue weighted by molar-refractivity contribution is -0.317. The predicted molar refractivity (Wildman–Crippen MR) is 173 cm³/mol. The molecule has 0 radical (unpaired) electrons. The minimum Gasteiger partial charge on any atom is -0.387 e. The Balaban J connectivity index is 1.20. The molecule has 2 saturated heterocycles. The van der Waals surface area contributed by atoms with Crippen molar-refractivity contribution in [3.8, 4) is 0 Å². The van der Waals surface area contributed by atoms with Crippen LogP contribution in [0, 0.1) is 0 Å². The first-order chi connectivity index (χ1) is 23.1. The van der Waals surface area contributed by atoms with Crippen LogP contribution in [0.15, 0.2) is 121 Å². The standard InChI is InChI=1S/C38H42O9/c39-33-31(25-41-21-27-13-5-1-6-14-27)46-38(35(33)43-23-29-17-9-3-10-18-29)47-34-32(42-22-28-15-7-2-8-16-28)26-45-37(40)36(34)44-24-30-19-11-4-12-20-30/h1-20,31-40H,21-26H2/t31-,32+,33-,34-,35+,36+,37-,38-/m0/s1. The van der Waals surface area contributed by atoms with E-state index in [1.54, 1.807) is 0 Å². The van der Waals surface area contributed by atoms with Gasteiger partial charge in [0, 0.05) is 0 Å². The molecule has 0 amide bonds. The minimum atomic E-state index is -1.28. The lowest BCUT2D eigenvalue weighted by Crippen LogP contribution is -2.57. The zero-order valence-electron chi connectivity index (χ0n) is 26.2. The van der Waals surface area contributed by atoms with Crippen molar-refractivity contribution in [1.82, 2.24) is 0 Å². The van der Waals surface area contributed by atoms with E-state index in [-0.39, 0.29) is 26.4 Å². The van der Waals surface area contributed by atoms with E-state index in [4.69, 9.17) is 33.2 Å². The third-order valence-corrected chi connectivity index (χ3v) is 8.26. The van der Waals surface area contributed by atoms with Crippen molar-refractivity contribution in [1.29, 1.82) is 0 Å². The summed E-state index contributed by atoms with van der Waals surface area (Å²) in [5.41, 5.74) is 3.86. The average Bonchev–Trinajstić information content (AvgIpc) is 3.41. The molecule has 0 aliphatic carbocycles. The summed E-state index contributed by atoms with van der Waals surface area (Å²) in [5.74, 6) is 0. The Morgan fingerprint density at radius 1 is 0.553 bits per heavy atom. The maximum atomic E-state index is 11.5. The number of aliphatic hydroxyl groups is 2. The molecule has 2 N–H and O–H groups in total. The van der Waals surface area contributed by atoms with Crippen LogP contribution in [0.25, 0.3) is 0 Å².